The molecule has 160 valence electrons. The number of carbonyl (C=O) groups is 1. The largest absolute Gasteiger partial charge is 0.491 e. The van der Waals surface area contributed by atoms with Crippen LogP contribution in [0.3, 0.4) is 0 Å². The summed E-state index contributed by atoms with van der Waals surface area (Å²) in [7, 11) is 0. The van der Waals surface area contributed by atoms with E-state index >= 15 is 0 Å². The number of aromatic nitrogens is 2. The van der Waals surface area contributed by atoms with Gasteiger partial charge in [-0.15, -0.1) is 0 Å². The average molecular weight is 428 g/mol. The monoisotopic (exact) mass is 428 g/mol. The molecule has 0 radical (unpaired) electrons. The van der Waals surface area contributed by atoms with Crippen LogP contribution in [0, 0.1) is 10.1 Å². The molecule has 1 heterocycles. The van der Waals surface area contributed by atoms with Gasteiger partial charge in [0.15, 0.2) is 0 Å². The molecule has 0 unspecified atom stereocenters. The number of imidazole rings is 1. The molecular weight excluding hydrogens is 408 g/mol. The summed E-state index contributed by atoms with van der Waals surface area (Å²) in [6, 6.07) is 21.4. The number of ether oxygens (including phenoxy) is 1. The van der Waals surface area contributed by atoms with Crippen molar-refractivity contribution in [3.05, 3.63) is 113 Å². The Morgan fingerprint density at radius 1 is 1.06 bits per heavy atom. The highest BCUT2D eigenvalue weighted by atomic mass is 16.6. The van der Waals surface area contributed by atoms with E-state index in [9.17, 15) is 14.9 Å². The third-order valence-corrected chi connectivity index (χ3v) is 4.84. The van der Waals surface area contributed by atoms with E-state index < -0.39 is 10.8 Å². The standard InChI is InChI=1S/C24H20N4O4/c29-24(19-10-11-21(22(16-19)28(30)31)27-14-13-25-17-27)26-20-8-4-5-9-23(20)32-15-12-18-6-2-1-3-7-18/h1-11,13-14,16-17H,12,15H2,(H,26,29). The van der Waals surface area contributed by atoms with Gasteiger partial charge in [-0.3, -0.25) is 14.9 Å². The number of anilines is 1. The molecule has 0 aliphatic heterocycles. The Hall–Kier alpha value is -4.46. The first-order valence-corrected chi connectivity index (χ1v) is 9.96. The lowest BCUT2D eigenvalue weighted by Crippen LogP contribution is -2.14. The maximum Gasteiger partial charge on any atom is 0.294 e. The zero-order chi connectivity index (χ0) is 22.3. The Balaban J connectivity index is 1.49. The highest BCUT2D eigenvalue weighted by Crippen LogP contribution is 2.27. The van der Waals surface area contributed by atoms with Crippen molar-refractivity contribution in [2.24, 2.45) is 0 Å². The number of nitro benzene ring substituents is 1. The molecule has 8 heteroatoms. The fraction of sp³-hybridized carbons (Fsp3) is 0.0833. The molecule has 0 saturated carbocycles. The van der Waals surface area contributed by atoms with E-state index in [-0.39, 0.29) is 11.3 Å². The van der Waals surface area contributed by atoms with Crippen molar-refractivity contribution in [1.29, 1.82) is 0 Å². The third kappa shape index (κ3) is 4.81. The molecule has 0 fully saturated rings. The van der Waals surface area contributed by atoms with E-state index in [0.29, 0.717) is 23.7 Å². The van der Waals surface area contributed by atoms with Crippen LogP contribution in [0.15, 0.2) is 91.5 Å². The van der Waals surface area contributed by atoms with Crippen LogP contribution in [0.4, 0.5) is 11.4 Å². The molecule has 0 saturated heterocycles. The van der Waals surface area contributed by atoms with Crippen molar-refractivity contribution in [1.82, 2.24) is 9.55 Å². The summed E-state index contributed by atoms with van der Waals surface area (Å²) < 4.78 is 7.40. The van der Waals surface area contributed by atoms with Crippen LogP contribution in [-0.2, 0) is 6.42 Å². The third-order valence-electron chi connectivity index (χ3n) is 4.84. The molecule has 1 N–H and O–H groups in total. The summed E-state index contributed by atoms with van der Waals surface area (Å²) in [5.41, 5.74) is 1.95. The lowest BCUT2D eigenvalue weighted by atomic mass is 10.1. The number of hydrogen-bond acceptors (Lipinski definition) is 5. The molecular formula is C24H20N4O4. The lowest BCUT2D eigenvalue weighted by molar-refractivity contribution is -0.384. The summed E-state index contributed by atoms with van der Waals surface area (Å²) in [6.07, 6.45) is 5.32. The molecule has 0 spiro atoms. The minimum Gasteiger partial charge on any atom is -0.491 e. The molecule has 0 atom stereocenters. The van der Waals surface area contributed by atoms with Crippen LogP contribution in [0.2, 0.25) is 0 Å². The molecule has 4 rings (SSSR count). The fourth-order valence-corrected chi connectivity index (χ4v) is 3.24. The van der Waals surface area contributed by atoms with Crippen LogP contribution in [0.5, 0.6) is 5.75 Å². The number of benzene rings is 3. The summed E-state index contributed by atoms with van der Waals surface area (Å²) in [5, 5.41) is 14.3. The number of nitrogens with one attached hydrogen (secondary N) is 1. The Labute approximate surface area is 184 Å². The van der Waals surface area contributed by atoms with Crippen LogP contribution >= 0.6 is 0 Å². The van der Waals surface area contributed by atoms with Gasteiger partial charge in [0.05, 0.1) is 23.5 Å². The second-order valence-electron chi connectivity index (χ2n) is 6.96. The molecule has 32 heavy (non-hydrogen) atoms. The van der Waals surface area contributed by atoms with Gasteiger partial charge in [-0.2, -0.15) is 0 Å². The van der Waals surface area contributed by atoms with Gasteiger partial charge in [-0.1, -0.05) is 42.5 Å². The molecule has 1 aromatic heterocycles. The SMILES string of the molecule is O=C(Nc1ccccc1OCCc1ccccc1)c1ccc(-n2ccnc2)c([N+](=O)[O-])c1. The second-order valence-corrected chi connectivity index (χ2v) is 6.96. The fourth-order valence-electron chi connectivity index (χ4n) is 3.24. The summed E-state index contributed by atoms with van der Waals surface area (Å²) in [5.74, 6) is 0.0608. The van der Waals surface area contributed by atoms with E-state index in [1.807, 2.05) is 36.4 Å². The van der Waals surface area contributed by atoms with Crippen LogP contribution < -0.4 is 10.1 Å². The number of para-hydroxylation sites is 2. The minimum absolute atomic E-state index is 0.166. The predicted octanol–water partition coefficient (Wildman–Crippen LogP) is 4.65. The molecule has 0 bridgehead atoms. The van der Waals surface area contributed by atoms with E-state index in [2.05, 4.69) is 10.3 Å². The molecule has 0 aliphatic carbocycles. The van der Waals surface area contributed by atoms with E-state index in [1.165, 1.54) is 35.3 Å². The summed E-state index contributed by atoms with van der Waals surface area (Å²) >= 11 is 0. The van der Waals surface area contributed by atoms with E-state index in [4.69, 9.17) is 4.74 Å². The van der Waals surface area contributed by atoms with Crippen LogP contribution in [0.1, 0.15) is 15.9 Å². The van der Waals surface area contributed by atoms with Crippen LogP contribution in [0.25, 0.3) is 5.69 Å². The number of nitrogens with zero attached hydrogens (tertiary/aromatic N) is 3. The number of rotatable bonds is 8. The van der Waals surface area contributed by atoms with Gasteiger partial charge in [0.25, 0.3) is 11.6 Å². The van der Waals surface area contributed by atoms with Gasteiger partial charge in [-0.25, -0.2) is 4.98 Å². The minimum atomic E-state index is -0.521. The Bertz CT molecular complexity index is 1220. The lowest BCUT2D eigenvalue weighted by Gasteiger charge is -2.13. The predicted molar refractivity (Wildman–Crippen MR) is 120 cm³/mol. The van der Waals surface area contributed by atoms with Crippen molar-refractivity contribution < 1.29 is 14.5 Å². The van der Waals surface area contributed by atoms with Crippen molar-refractivity contribution in [2.45, 2.75) is 6.42 Å². The van der Waals surface area contributed by atoms with Gasteiger partial charge in [-0.05, 0) is 29.8 Å². The summed E-state index contributed by atoms with van der Waals surface area (Å²) in [4.78, 5) is 27.8. The van der Waals surface area contributed by atoms with Gasteiger partial charge < -0.3 is 14.6 Å². The van der Waals surface area contributed by atoms with Gasteiger partial charge in [0.2, 0.25) is 0 Å². The highest BCUT2D eigenvalue weighted by Gasteiger charge is 2.19. The first-order chi connectivity index (χ1) is 15.6. The summed E-state index contributed by atoms with van der Waals surface area (Å²) in [6.45, 7) is 0.446. The maximum atomic E-state index is 12.8. The first kappa shape index (κ1) is 20.8. The molecule has 0 aliphatic rings. The van der Waals surface area contributed by atoms with Crippen molar-refractivity contribution in [2.75, 3.05) is 11.9 Å². The smallest absolute Gasteiger partial charge is 0.294 e. The second kappa shape index (κ2) is 9.57. The van der Waals surface area contributed by atoms with Crippen molar-refractivity contribution in [3.63, 3.8) is 0 Å². The Morgan fingerprint density at radius 2 is 1.84 bits per heavy atom. The zero-order valence-electron chi connectivity index (χ0n) is 17.0. The Morgan fingerprint density at radius 3 is 2.59 bits per heavy atom. The molecule has 1 amide bonds. The molecule has 4 aromatic rings. The van der Waals surface area contributed by atoms with E-state index in [0.717, 1.165) is 12.0 Å². The van der Waals surface area contributed by atoms with Crippen molar-refractivity contribution in [3.8, 4) is 11.4 Å². The van der Waals surface area contributed by atoms with Crippen molar-refractivity contribution >= 4 is 17.3 Å². The topological polar surface area (TPSA) is 99.3 Å². The first-order valence-electron chi connectivity index (χ1n) is 9.96. The Kier molecular flexibility index (Phi) is 6.22. The molecule has 8 nitrogen and oxygen atoms in total. The quantitative estimate of drug-likeness (QED) is 0.325. The number of hydrogen-bond donors (Lipinski definition) is 1. The number of nitro groups is 1. The molecule has 3 aromatic carbocycles. The average Bonchev–Trinajstić information content (AvgIpc) is 3.35. The maximum absolute atomic E-state index is 12.8. The number of amides is 1. The van der Waals surface area contributed by atoms with Gasteiger partial charge >= 0.3 is 0 Å². The zero-order valence-corrected chi connectivity index (χ0v) is 17.0. The van der Waals surface area contributed by atoms with Crippen LogP contribution in [-0.4, -0.2) is 27.0 Å². The highest BCUT2D eigenvalue weighted by molar-refractivity contribution is 6.05. The number of carbonyl (C=O) groups excluding carboxylic acids is 1. The van der Waals surface area contributed by atoms with Gasteiger partial charge in [0.1, 0.15) is 11.4 Å². The normalized spacial score (nSPS) is 10.5. The van der Waals surface area contributed by atoms with Gasteiger partial charge in [0, 0.05) is 30.4 Å². The van der Waals surface area contributed by atoms with E-state index in [1.54, 1.807) is 24.4 Å².